The summed E-state index contributed by atoms with van der Waals surface area (Å²) in [5.41, 5.74) is 5.15. The molecule has 0 saturated heterocycles. The van der Waals surface area contributed by atoms with Crippen molar-refractivity contribution in [1.82, 2.24) is 14.8 Å². The Bertz CT molecular complexity index is 417. The maximum absolute atomic E-state index is 12.3. The Labute approximate surface area is 114 Å². The number of esters is 1. The van der Waals surface area contributed by atoms with Crippen LogP contribution < -0.4 is 5.73 Å². The maximum Gasteiger partial charge on any atom is 0.314 e. The van der Waals surface area contributed by atoms with E-state index in [1.807, 2.05) is 20.8 Å². The fourth-order valence-corrected chi connectivity index (χ4v) is 2.15. The van der Waals surface area contributed by atoms with Crippen LogP contribution in [0.25, 0.3) is 0 Å². The Hall–Kier alpha value is -1.43. The number of nitrogens with zero attached hydrogens (tertiary/aromatic N) is 3. The number of rotatable bonds is 7. The van der Waals surface area contributed by atoms with Crippen molar-refractivity contribution < 1.29 is 9.53 Å². The van der Waals surface area contributed by atoms with E-state index in [-0.39, 0.29) is 18.4 Å². The van der Waals surface area contributed by atoms with Crippen molar-refractivity contribution in [1.29, 1.82) is 0 Å². The molecule has 0 bridgehead atoms. The van der Waals surface area contributed by atoms with Gasteiger partial charge in [0.1, 0.15) is 12.2 Å². The second kappa shape index (κ2) is 6.65. The van der Waals surface area contributed by atoms with Crippen LogP contribution in [-0.4, -0.2) is 33.9 Å². The first-order valence-corrected chi connectivity index (χ1v) is 6.75. The second-order valence-electron chi connectivity index (χ2n) is 4.90. The molecule has 1 aromatic rings. The van der Waals surface area contributed by atoms with Gasteiger partial charge in [0.15, 0.2) is 0 Å². The smallest absolute Gasteiger partial charge is 0.314 e. The highest BCUT2D eigenvalue weighted by molar-refractivity contribution is 5.77. The molecule has 1 aromatic heterocycles. The summed E-state index contributed by atoms with van der Waals surface area (Å²) in [5.74, 6) is 0.589. The van der Waals surface area contributed by atoms with Gasteiger partial charge in [0.2, 0.25) is 0 Å². The Morgan fingerprint density at radius 2 is 2.21 bits per heavy atom. The van der Waals surface area contributed by atoms with Crippen LogP contribution in [0.3, 0.4) is 0 Å². The minimum absolute atomic E-state index is 0.0681. The fourth-order valence-electron chi connectivity index (χ4n) is 2.15. The van der Waals surface area contributed by atoms with Crippen molar-refractivity contribution in [2.75, 3.05) is 13.2 Å². The predicted molar refractivity (Wildman–Crippen MR) is 72.4 cm³/mol. The zero-order chi connectivity index (χ0) is 14.5. The first-order chi connectivity index (χ1) is 9.01. The molecule has 19 heavy (non-hydrogen) atoms. The van der Waals surface area contributed by atoms with Crippen LogP contribution in [-0.2, 0) is 22.5 Å². The van der Waals surface area contributed by atoms with Crippen LogP contribution >= 0.6 is 0 Å². The molecule has 1 heterocycles. The van der Waals surface area contributed by atoms with E-state index in [1.165, 1.54) is 6.33 Å². The summed E-state index contributed by atoms with van der Waals surface area (Å²) in [6, 6.07) is 0. The second-order valence-corrected chi connectivity index (χ2v) is 4.90. The molecular weight excluding hydrogens is 244 g/mol. The van der Waals surface area contributed by atoms with Gasteiger partial charge in [-0.05, 0) is 19.8 Å². The molecule has 0 saturated carbocycles. The number of ether oxygens (including phenoxy) is 1. The highest BCUT2D eigenvalue weighted by atomic mass is 16.5. The number of hydrogen-bond acceptors (Lipinski definition) is 5. The molecule has 0 aliphatic carbocycles. The molecule has 6 heteroatoms. The average molecular weight is 268 g/mol. The van der Waals surface area contributed by atoms with Crippen molar-refractivity contribution in [2.45, 2.75) is 40.7 Å². The lowest BCUT2D eigenvalue weighted by Gasteiger charge is -2.33. The Morgan fingerprint density at radius 3 is 2.68 bits per heavy atom. The number of nitrogens with two attached hydrogens (primary N) is 1. The molecule has 0 radical (unpaired) electrons. The third kappa shape index (κ3) is 3.12. The van der Waals surface area contributed by atoms with Crippen LogP contribution in [0.1, 0.15) is 33.5 Å². The summed E-state index contributed by atoms with van der Waals surface area (Å²) in [6.07, 6.45) is 1.96. The Kier molecular flexibility index (Phi) is 5.47. The van der Waals surface area contributed by atoms with E-state index in [9.17, 15) is 4.79 Å². The summed E-state index contributed by atoms with van der Waals surface area (Å²) in [6.45, 7) is 9.06. The van der Waals surface area contributed by atoms with Gasteiger partial charge in [-0.1, -0.05) is 13.8 Å². The highest BCUT2D eigenvalue weighted by Crippen LogP contribution is 2.32. The molecule has 2 N–H and O–H groups in total. The Morgan fingerprint density at radius 1 is 1.53 bits per heavy atom. The van der Waals surface area contributed by atoms with E-state index in [4.69, 9.17) is 10.5 Å². The lowest BCUT2D eigenvalue weighted by atomic mass is 9.74. The van der Waals surface area contributed by atoms with Gasteiger partial charge in [-0.3, -0.25) is 9.48 Å². The molecule has 0 aromatic carbocycles. The summed E-state index contributed by atoms with van der Waals surface area (Å²) in [7, 11) is 0. The van der Waals surface area contributed by atoms with Crippen molar-refractivity contribution in [3.8, 4) is 0 Å². The first-order valence-electron chi connectivity index (χ1n) is 6.75. The van der Waals surface area contributed by atoms with Gasteiger partial charge in [0.25, 0.3) is 0 Å². The van der Waals surface area contributed by atoms with Gasteiger partial charge < -0.3 is 10.5 Å². The van der Waals surface area contributed by atoms with Crippen LogP contribution in [0.5, 0.6) is 0 Å². The van der Waals surface area contributed by atoms with Crippen LogP contribution in [0.15, 0.2) is 6.33 Å². The topological polar surface area (TPSA) is 83.0 Å². The normalized spacial score (nSPS) is 14.4. The van der Waals surface area contributed by atoms with Gasteiger partial charge in [-0.25, -0.2) is 4.98 Å². The van der Waals surface area contributed by atoms with Crippen molar-refractivity contribution in [3.63, 3.8) is 0 Å². The molecular formula is C13H24N4O2. The van der Waals surface area contributed by atoms with E-state index >= 15 is 0 Å². The highest BCUT2D eigenvalue weighted by Gasteiger charge is 2.43. The largest absolute Gasteiger partial charge is 0.466 e. The summed E-state index contributed by atoms with van der Waals surface area (Å²) < 4.78 is 6.99. The van der Waals surface area contributed by atoms with Crippen LogP contribution in [0.2, 0.25) is 0 Å². The van der Waals surface area contributed by atoms with Gasteiger partial charge in [-0.2, -0.15) is 5.10 Å². The number of aromatic nitrogens is 3. The minimum atomic E-state index is -0.740. The van der Waals surface area contributed by atoms with E-state index in [1.54, 1.807) is 11.6 Å². The third-order valence-corrected chi connectivity index (χ3v) is 3.62. The zero-order valence-corrected chi connectivity index (χ0v) is 12.2. The maximum atomic E-state index is 12.3. The van der Waals surface area contributed by atoms with E-state index < -0.39 is 5.41 Å². The van der Waals surface area contributed by atoms with Crippen molar-refractivity contribution in [3.05, 3.63) is 12.2 Å². The van der Waals surface area contributed by atoms with Crippen molar-refractivity contribution >= 4 is 5.97 Å². The van der Waals surface area contributed by atoms with Gasteiger partial charge >= 0.3 is 5.97 Å². The number of hydrogen-bond donors (Lipinski definition) is 1. The fraction of sp³-hybridized carbons (Fsp3) is 0.769. The molecule has 6 nitrogen and oxygen atoms in total. The molecule has 108 valence electrons. The minimum Gasteiger partial charge on any atom is -0.466 e. The number of carbonyl (C=O) groups is 1. The van der Waals surface area contributed by atoms with E-state index in [0.717, 1.165) is 12.4 Å². The number of carbonyl (C=O) groups excluding carboxylic acids is 1. The van der Waals surface area contributed by atoms with E-state index in [0.29, 0.717) is 13.0 Å². The summed E-state index contributed by atoms with van der Waals surface area (Å²) in [5, 5.41) is 4.13. The third-order valence-electron chi connectivity index (χ3n) is 3.62. The van der Waals surface area contributed by atoms with Gasteiger partial charge in [0, 0.05) is 19.5 Å². The average Bonchev–Trinajstić information content (AvgIpc) is 2.82. The quantitative estimate of drug-likeness (QED) is 0.746. The first kappa shape index (κ1) is 15.6. The summed E-state index contributed by atoms with van der Waals surface area (Å²) >= 11 is 0. The molecule has 1 unspecified atom stereocenters. The van der Waals surface area contributed by atoms with Crippen molar-refractivity contribution in [2.24, 2.45) is 17.1 Å². The van der Waals surface area contributed by atoms with Crippen LogP contribution in [0, 0.1) is 11.3 Å². The summed E-state index contributed by atoms with van der Waals surface area (Å²) in [4.78, 5) is 16.5. The monoisotopic (exact) mass is 268 g/mol. The lowest BCUT2D eigenvalue weighted by Crippen LogP contribution is -2.46. The standard InChI is InChI=1S/C13H24N4O2/c1-5-17-11(15-9-16-17)7-13(8-14,10(3)4)12(18)19-6-2/h9-10H,5-8,14H2,1-4H3. The number of aryl methyl sites for hydroxylation is 1. The lowest BCUT2D eigenvalue weighted by molar-refractivity contribution is -0.158. The Balaban J connectivity index is 3.07. The van der Waals surface area contributed by atoms with E-state index in [2.05, 4.69) is 10.1 Å². The molecule has 0 aliphatic heterocycles. The van der Waals surface area contributed by atoms with Crippen LogP contribution in [0.4, 0.5) is 0 Å². The zero-order valence-electron chi connectivity index (χ0n) is 12.2. The molecule has 0 fully saturated rings. The van der Waals surface area contributed by atoms with Gasteiger partial charge in [-0.15, -0.1) is 0 Å². The SMILES string of the molecule is CCOC(=O)C(CN)(Cc1ncnn1CC)C(C)C. The predicted octanol–water partition coefficient (Wildman–Crippen LogP) is 1.00. The molecule has 1 rings (SSSR count). The molecule has 1 atom stereocenters. The molecule has 0 spiro atoms. The molecule has 0 aliphatic rings. The van der Waals surface area contributed by atoms with Gasteiger partial charge in [0.05, 0.1) is 12.0 Å². The molecule has 0 amide bonds.